The number of nitrogens with zero attached hydrogens (tertiary/aromatic N) is 3. The van der Waals surface area contributed by atoms with Crippen LogP contribution in [0, 0.1) is 0 Å². The van der Waals surface area contributed by atoms with E-state index in [1.54, 1.807) is 0 Å². The van der Waals surface area contributed by atoms with E-state index >= 15 is 0 Å². The summed E-state index contributed by atoms with van der Waals surface area (Å²) in [6.07, 6.45) is 0.589. The minimum atomic E-state index is -0.151. The molecule has 0 aromatic heterocycles. The minimum absolute atomic E-state index is 0.151. The molecule has 2 fully saturated rings. The smallest absolute Gasteiger partial charge is 0.223 e. The molecule has 1 aromatic carbocycles. The van der Waals surface area contributed by atoms with E-state index in [2.05, 4.69) is 48.0 Å². The number of benzene rings is 1. The Morgan fingerprint density at radius 3 is 2.54 bits per heavy atom. The summed E-state index contributed by atoms with van der Waals surface area (Å²) in [4.78, 5) is 19.3. The molecule has 0 spiro atoms. The predicted molar refractivity (Wildman–Crippen MR) is 94.9 cm³/mol. The normalized spacial score (nSPS) is 26.5. The average molecular weight is 331 g/mol. The molecule has 3 rings (SSSR count). The van der Waals surface area contributed by atoms with Crippen LogP contribution in [0.1, 0.15) is 18.9 Å². The summed E-state index contributed by atoms with van der Waals surface area (Å²) in [5, 5.41) is 0. The number of morpholine rings is 1. The molecule has 5 nitrogen and oxygen atoms in total. The third-order valence-electron chi connectivity index (χ3n) is 5.43. The van der Waals surface area contributed by atoms with Gasteiger partial charge in [-0.05, 0) is 19.5 Å². The number of carbonyl (C=O) groups excluding carboxylic acids is 1. The summed E-state index contributed by atoms with van der Waals surface area (Å²) >= 11 is 0. The molecule has 1 amide bonds. The summed E-state index contributed by atoms with van der Waals surface area (Å²) in [5.74, 6) is 0.282. The third kappa shape index (κ3) is 3.79. The lowest BCUT2D eigenvalue weighted by Gasteiger charge is -2.45. The number of piperazine rings is 1. The second-order valence-corrected chi connectivity index (χ2v) is 7.11. The van der Waals surface area contributed by atoms with Gasteiger partial charge in [-0.25, -0.2) is 0 Å². The van der Waals surface area contributed by atoms with E-state index in [9.17, 15) is 4.79 Å². The summed E-state index contributed by atoms with van der Waals surface area (Å²) in [5.41, 5.74) is 1.11. The first-order valence-corrected chi connectivity index (χ1v) is 8.94. The van der Waals surface area contributed by atoms with Crippen LogP contribution in [0.2, 0.25) is 0 Å². The molecule has 0 saturated carbocycles. The zero-order valence-corrected chi connectivity index (χ0v) is 14.9. The standard InChI is InChI=1S/C19H29N3O2/c1-19(17-6-4-3-5-7-17)16-24-15-14-22(19)9-8-18(23)21-12-10-20(2)11-13-21/h3-7H,8-16H2,1-2H3. The number of hydrogen-bond acceptors (Lipinski definition) is 4. The number of likely N-dealkylation sites (N-methyl/N-ethyl adjacent to an activating group) is 1. The lowest BCUT2D eigenvalue weighted by Crippen LogP contribution is -2.54. The van der Waals surface area contributed by atoms with Gasteiger partial charge in [0.1, 0.15) is 0 Å². The number of carbonyl (C=O) groups is 1. The quantitative estimate of drug-likeness (QED) is 0.836. The number of hydrogen-bond donors (Lipinski definition) is 0. The highest BCUT2D eigenvalue weighted by Crippen LogP contribution is 2.31. The molecule has 132 valence electrons. The van der Waals surface area contributed by atoms with Crippen LogP contribution < -0.4 is 0 Å². The van der Waals surface area contributed by atoms with E-state index in [0.717, 1.165) is 45.9 Å². The van der Waals surface area contributed by atoms with Crippen molar-refractivity contribution in [2.24, 2.45) is 0 Å². The van der Waals surface area contributed by atoms with Crippen molar-refractivity contribution in [3.8, 4) is 0 Å². The van der Waals surface area contributed by atoms with E-state index in [0.29, 0.717) is 13.0 Å². The van der Waals surface area contributed by atoms with Crippen LogP contribution in [0.4, 0.5) is 0 Å². The summed E-state index contributed by atoms with van der Waals surface area (Å²) < 4.78 is 5.76. The Morgan fingerprint density at radius 1 is 1.12 bits per heavy atom. The zero-order chi connectivity index (χ0) is 17.0. The monoisotopic (exact) mass is 331 g/mol. The van der Waals surface area contributed by atoms with Gasteiger partial charge in [0.2, 0.25) is 5.91 Å². The number of ether oxygens (including phenoxy) is 1. The highest BCUT2D eigenvalue weighted by atomic mass is 16.5. The Hall–Kier alpha value is -1.43. The Labute approximate surface area is 145 Å². The Bertz CT molecular complexity index is 543. The van der Waals surface area contributed by atoms with Crippen LogP contribution in [0.5, 0.6) is 0 Å². The number of rotatable bonds is 4. The summed E-state index contributed by atoms with van der Waals surface area (Å²) in [6, 6.07) is 10.5. The van der Waals surface area contributed by atoms with Crippen molar-refractivity contribution in [1.82, 2.24) is 14.7 Å². The van der Waals surface area contributed by atoms with Gasteiger partial charge >= 0.3 is 0 Å². The van der Waals surface area contributed by atoms with Gasteiger partial charge in [0.25, 0.3) is 0 Å². The van der Waals surface area contributed by atoms with Crippen molar-refractivity contribution in [1.29, 1.82) is 0 Å². The van der Waals surface area contributed by atoms with Crippen LogP contribution in [0.25, 0.3) is 0 Å². The molecule has 2 aliphatic rings. The van der Waals surface area contributed by atoms with Crippen LogP contribution in [0.3, 0.4) is 0 Å². The Morgan fingerprint density at radius 2 is 1.83 bits per heavy atom. The molecule has 0 radical (unpaired) electrons. The first-order valence-electron chi connectivity index (χ1n) is 8.94. The highest BCUT2D eigenvalue weighted by Gasteiger charge is 2.37. The predicted octanol–water partition coefficient (Wildman–Crippen LogP) is 1.40. The SMILES string of the molecule is CN1CCN(C(=O)CCN2CCOCC2(C)c2ccccc2)CC1. The first-order chi connectivity index (χ1) is 11.6. The molecule has 24 heavy (non-hydrogen) atoms. The Balaban J connectivity index is 1.61. The zero-order valence-electron chi connectivity index (χ0n) is 14.9. The fourth-order valence-electron chi connectivity index (χ4n) is 3.65. The van der Waals surface area contributed by atoms with Gasteiger partial charge in [-0.2, -0.15) is 0 Å². The van der Waals surface area contributed by atoms with Crippen molar-refractivity contribution in [2.45, 2.75) is 18.9 Å². The number of amides is 1. The van der Waals surface area contributed by atoms with Crippen LogP contribution in [-0.2, 0) is 15.1 Å². The van der Waals surface area contributed by atoms with E-state index < -0.39 is 0 Å². The molecule has 1 unspecified atom stereocenters. The van der Waals surface area contributed by atoms with Gasteiger partial charge in [-0.15, -0.1) is 0 Å². The highest BCUT2D eigenvalue weighted by molar-refractivity contribution is 5.76. The van der Waals surface area contributed by atoms with Crippen molar-refractivity contribution >= 4 is 5.91 Å². The van der Waals surface area contributed by atoms with Gasteiger partial charge in [0, 0.05) is 45.7 Å². The van der Waals surface area contributed by atoms with E-state index in [4.69, 9.17) is 4.74 Å². The van der Waals surface area contributed by atoms with Crippen molar-refractivity contribution in [3.05, 3.63) is 35.9 Å². The van der Waals surface area contributed by atoms with Crippen LogP contribution in [-0.4, -0.2) is 80.1 Å². The van der Waals surface area contributed by atoms with Crippen LogP contribution in [0.15, 0.2) is 30.3 Å². The molecule has 1 atom stereocenters. The van der Waals surface area contributed by atoms with E-state index in [-0.39, 0.29) is 11.4 Å². The maximum absolute atomic E-state index is 12.5. The molecular formula is C19H29N3O2. The molecule has 5 heteroatoms. The van der Waals surface area contributed by atoms with Gasteiger partial charge in [0.15, 0.2) is 0 Å². The van der Waals surface area contributed by atoms with Gasteiger partial charge < -0.3 is 14.5 Å². The van der Waals surface area contributed by atoms with Gasteiger partial charge in [-0.1, -0.05) is 30.3 Å². The minimum Gasteiger partial charge on any atom is -0.378 e. The maximum atomic E-state index is 12.5. The van der Waals surface area contributed by atoms with Gasteiger partial charge in [-0.3, -0.25) is 9.69 Å². The maximum Gasteiger partial charge on any atom is 0.223 e. The topological polar surface area (TPSA) is 36.0 Å². The summed E-state index contributed by atoms with van der Waals surface area (Å²) in [6.45, 7) is 8.98. The van der Waals surface area contributed by atoms with Crippen LogP contribution >= 0.6 is 0 Å². The fraction of sp³-hybridized carbons (Fsp3) is 0.632. The molecule has 0 bridgehead atoms. The molecule has 2 aliphatic heterocycles. The average Bonchev–Trinajstić information content (AvgIpc) is 2.62. The van der Waals surface area contributed by atoms with Crippen molar-refractivity contribution in [2.75, 3.05) is 59.5 Å². The third-order valence-corrected chi connectivity index (χ3v) is 5.43. The van der Waals surface area contributed by atoms with E-state index in [1.807, 2.05) is 11.0 Å². The lowest BCUT2D eigenvalue weighted by atomic mass is 9.89. The summed E-state index contributed by atoms with van der Waals surface area (Å²) in [7, 11) is 2.11. The van der Waals surface area contributed by atoms with Crippen molar-refractivity contribution in [3.63, 3.8) is 0 Å². The first kappa shape index (κ1) is 17.4. The Kier molecular flexibility index (Phi) is 5.54. The second kappa shape index (κ2) is 7.64. The molecule has 1 aromatic rings. The molecule has 2 saturated heterocycles. The molecular weight excluding hydrogens is 302 g/mol. The van der Waals surface area contributed by atoms with Gasteiger partial charge in [0.05, 0.1) is 18.8 Å². The fourth-order valence-corrected chi connectivity index (χ4v) is 3.65. The molecule has 2 heterocycles. The molecule has 0 aliphatic carbocycles. The van der Waals surface area contributed by atoms with Crippen molar-refractivity contribution < 1.29 is 9.53 Å². The molecule has 0 N–H and O–H groups in total. The lowest BCUT2D eigenvalue weighted by molar-refractivity contribution is -0.134. The largest absolute Gasteiger partial charge is 0.378 e. The second-order valence-electron chi connectivity index (χ2n) is 7.11. The van der Waals surface area contributed by atoms with E-state index in [1.165, 1.54) is 5.56 Å².